The molecule has 0 rings (SSSR count). The molecule has 0 saturated heterocycles. The van der Waals surface area contributed by atoms with Gasteiger partial charge >= 0.3 is 0 Å². The van der Waals surface area contributed by atoms with Crippen LogP contribution >= 0.6 is 0 Å². The maximum atomic E-state index is 5.75. The molecule has 0 aromatic rings. The van der Waals surface area contributed by atoms with Gasteiger partial charge in [-0.1, -0.05) is 29.6 Å². The third-order valence-corrected chi connectivity index (χ3v) is 0. The Morgan fingerprint density at radius 3 is 0.286 bits per heavy atom. The van der Waals surface area contributed by atoms with Crippen LogP contribution in [0.5, 0.6) is 0 Å². The molecule has 14 heavy (non-hydrogen) atoms. The summed E-state index contributed by atoms with van der Waals surface area (Å²) >= 11 is 0. The van der Waals surface area contributed by atoms with Crippen molar-refractivity contribution in [3.8, 4) is 0 Å². The third kappa shape index (κ3) is 91.8. The molecule has 0 nitrogen and oxygen atoms in total. The van der Waals surface area contributed by atoms with Crippen LogP contribution in [0.3, 0.4) is 0 Å². The Morgan fingerprint density at radius 1 is 0.286 bits per heavy atom. The molecule has 0 unspecified atom stereocenters. The monoisotopic (exact) mass is 957 g/mol. The zero-order valence-corrected chi connectivity index (χ0v) is 38.2. The minimum Gasteiger partial charge on any atom is -0.0776 e. The standard InChI is InChI=1S/4CH4.10Y/h4*1H4;;;;;;;;;;/i4*1D;;;;;;;;;;. The fourth-order valence-corrected chi connectivity index (χ4v) is 0. The van der Waals surface area contributed by atoms with Crippen molar-refractivity contribution in [2.45, 2.75) is 29.6 Å². The first-order valence-corrected chi connectivity index (χ1v) is 0. The van der Waals surface area contributed by atoms with Gasteiger partial charge in [0, 0.05) is 333 Å². The molecular formula is C4H16Y10. The molecule has 62 valence electrons. The molecule has 0 aromatic heterocycles. The van der Waals surface area contributed by atoms with E-state index in [9.17, 15) is 0 Å². The Morgan fingerprint density at radius 2 is 0.286 bits per heavy atom. The molecule has 10 heteroatoms. The van der Waals surface area contributed by atoms with Crippen molar-refractivity contribution in [2.24, 2.45) is 0 Å². The van der Waals surface area contributed by atoms with Crippen molar-refractivity contribution in [2.75, 3.05) is 0 Å². The van der Waals surface area contributed by atoms with Crippen LogP contribution < -0.4 is 0 Å². The van der Waals surface area contributed by atoms with Gasteiger partial charge in [-0.05, 0) is 0 Å². The van der Waals surface area contributed by atoms with Crippen molar-refractivity contribution >= 4 is 0 Å². The van der Waals surface area contributed by atoms with Crippen LogP contribution in [0.25, 0.3) is 0 Å². The van der Waals surface area contributed by atoms with Crippen molar-refractivity contribution in [1.29, 1.82) is 0 Å². The van der Waals surface area contributed by atoms with E-state index < -0.39 is 0 Å². The van der Waals surface area contributed by atoms with E-state index in [1.54, 1.807) is 0 Å². The molecule has 0 heterocycles. The summed E-state index contributed by atoms with van der Waals surface area (Å²) in [5.74, 6) is 0. The molecule has 10 radical (unpaired) electrons. The number of hydrogen-bond donors (Lipinski definition) is 0. The van der Waals surface area contributed by atoms with E-state index in [-0.39, 0.29) is 327 Å². The minimum absolute atomic E-state index is 0. The van der Waals surface area contributed by atoms with Gasteiger partial charge in [-0.3, -0.25) is 0 Å². The fraction of sp³-hybridized carbons (Fsp3) is 1.00. The summed E-state index contributed by atoms with van der Waals surface area (Å²) in [7, 11) is 5.00. The van der Waals surface area contributed by atoms with Gasteiger partial charge in [0.1, 0.15) is 0 Å². The maximum Gasteiger partial charge on any atom is 0.0194 e. The van der Waals surface area contributed by atoms with Crippen LogP contribution in [0.4, 0.5) is 0 Å². The van der Waals surface area contributed by atoms with Gasteiger partial charge in [0.25, 0.3) is 0 Å². The van der Waals surface area contributed by atoms with Gasteiger partial charge in [-0.25, -0.2) is 0 Å². The van der Waals surface area contributed by atoms with Crippen LogP contribution in [0.15, 0.2) is 0 Å². The normalized spacial score (nSPS) is 2.00. The van der Waals surface area contributed by atoms with Gasteiger partial charge in [-0.15, -0.1) is 0 Å². The molecule has 0 amide bonds. The largest absolute Gasteiger partial charge is 0.0776 e. The fourth-order valence-electron chi connectivity index (χ4n) is 0. The summed E-state index contributed by atoms with van der Waals surface area (Å²) < 4.78 is 23.0. The summed E-state index contributed by atoms with van der Waals surface area (Å²) in [5.41, 5.74) is 0. The predicted octanol–water partition coefficient (Wildman–Crippen LogP) is 2.52. The Hall–Kier alpha value is 11.0. The predicted molar refractivity (Wildman–Crippen MR) is 26.9 cm³/mol. The molecule has 0 aromatic carbocycles. The average molecular weight is 957 g/mol. The van der Waals surface area contributed by atoms with E-state index >= 15 is 0 Å². The summed E-state index contributed by atoms with van der Waals surface area (Å²) in [4.78, 5) is 0. The molecule has 0 saturated carbocycles. The van der Waals surface area contributed by atoms with E-state index in [1.807, 2.05) is 0 Å². The van der Waals surface area contributed by atoms with E-state index in [0.717, 1.165) is 0 Å². The van der Waals surface area contributed by atoms with E-state index in [0.29, 0.717) is 0 Å². The van der Waals surface area contributed by atoms with Crippen LogP contribution in [-0.2, 0) is 327 Å². The smallest absolute Gasteiger partial charge is 0.0194 e. The second-order valence-corrected chi connectivity index (χ2v) is 0. The molecule has 0 fully saturated rings. The Balaban J connectivity index is -0.000000000833. The van der Waals surface area contributed by atoms with Gasteiger partial charge in [-0.2, -0.15) is 0 Å². The molecular weight excluding hydrogens is 937 g/mol. The molecule has 0 spiro atoms. The topological polar surface area (TPSA) is 0 Å². The third-order valence-electron chi connectivity index (χ3n) is 0. The zero-order valence-electron chi connectivity index (χ0n) is 13.8. The summed E-state index contributed by atoms with van der Waals surface area (Å²) in [5, 5.41) is 0. The van der Waals surface area contributed by atoms with E-state index in [4.69, 9.17) is 5.48 Å². The van der Waals surface area contributed by atoms with Gasteiger partial charge < -0.3 is 0 Å². The molecule has 0 N–H and O–H groups in total. The van der Waals surface area contributed by atoms with E-state index in [2.05, 4.69) is 0 Å². The van der Waals surface area contributed by atoms with Crippen molar-refractivity contribution in [3.63, 3.8) is 0 Å². The van der Waals surface area contributed by atoms with Crippen LogP contribution in [-0.4, -0.2) is 0 Å². The first kappa shape index (κ1) is 64.0. The first-order valence-electron chi connectivity index (χ1n) is 4.00. The van der Waals surface area contributed by atoms with Crippen LogP contribution in [0, 0.1) is 0 Å². The number of rotatable bonds is 0. The zero-order chi connectivity index (χ0) is 8.00. The van der Waals surface area contributed by atoms with E-state index in [1.165, 1.54) is 29.6 Å². The molecule has 0 aliphatic rings. The Labute approximate surface area is 350 Å². The van der Waals surface area contributed by atoms with Crippen LogP contribution in [0.1, 0.15) is 35.1 Å². The Bertz CT molecular complexity index is 25.8. The molecule has 0 atom stereocenters. The maximum absolute atomic E-state index is 5.75. The SMILES string of the molecule is [2H]C.[2H]C.[2H]C.[2H]C.[Y].[Y].[Y].[Y].[Y].[Y].[Y].[Y].[Y].[Y]. The van der Waals surface area contributed by atoms with Crippen molar-refractivity contribution in [3.05, 3.63) is 0 Å². The second-order valence-electron chi connectivity index (χ2n) is 0. The summed E-state index contributed by atoms with van der Waals surface area (Å²) in [6.07, 6.45) is 0. The van der Waals surface area contributed by atoms with Gasteiger partial charge in [0.05, 0.1) is 0 Å². The first-order chi connectivity index (χ1) is 4.00. The average Bonchev–Trinajstić information content (AvgIpc) is 2.03. The Kier molecular flexibility index (Phi) is 478. The van der Waals surface area contributed by atoms with Crippen molar-refractivity contribution < 1.29 is 333 Å². The van der Waals surface area contributed by atoms with Crippen molar-refractivity contribution in [1.82, 2.24) is 0 Å². The summed E-state index contributed by atoms with van der Waals surface area (Å²) in [6, 6.07) is 0. The molecule has 0 aliphatic carbocycles. The van der Waals surface area contributed by atoms with Gasteiger partial charge in [0.2, 0.25) is 0 Å². The van der Waals surface area contributed by atoms with Crippen LogP contribution in [0.2, 0.25) is 0 Å². The van der Waals surface area contributed by atoms with Gasteiger partial charge in [0.15, 0.2) is 0 Å². The molecule has 0 bridgehead atoms. The minimum atomic E-state index is 0. The summed E-state index contributed by atoms with van der Waals surface area (Å²) in [6.45, 7) is 0. The quantitative estimate of drug-likeness (QED) is 0.351. The number of hydrogen-bond acceptors (Lipinski definition) is 0. The second kappa shape index (κ2) is 105. The molecule has 0 aliphatic heterocycles.